The summed E-state index contributed by atoms with van der Waals surface area (Å²) in [5.74, 6) is 3.36. The molecule has 0 amide bonds. The molecule has 0 radical (unpaired) electrons. The second kappa shape index (κ2) is 15.9. The summed E-state index contributed by atoms with van der Waals surface area (Å²) < 4.78 is 0. The number of para-hydroxylation sites is 4. The Morgan fingerprint density at radius 1 is 0.339 bits per heavy atom. The van der Waals surface area contributed by atoms with Gasteiger partial charge >= 0.3 is 0 Å². The summed E-state index contributed by atoms with van der Waals surface area (Å²) in [4.78, 5) is 29.5. The fourth-order valence-corrected chi connectivity index (χ4v) is 8.08. The maximum absolute atomic E-state index is 5.04. The first-order valence-electron chi connectivity index (χ1n) is 20.6. The standard InChI is InChI=1S/C54H38N8/c1-5-17-37(18-6-1)49-55-50(38-19-7-2-8-20-38)58-53(57-49)41-29-33-43(34-30-41)61-45-25-13-15-27-47(45)62(48-28-16-14-26-46(48)61)44-35-31-42(32-36-44)54-59-51(39-21-9-3-10-22-39)56-52(60-54)40-23-11-4-12-24-40/h1-36,49H,(H,55,57,58). The van der Waals surface area contributed by atoms with Crippen molar-refractivity contribution in [2.75, 3.05) is 9.80 Å². The highest BCUT2D eigenvalue weighted by Crippen LogP contribution is 2.54. The van der Waals surface area contributed by atoms with E-state index < -0.39 is 0 Å². The highest BCUT2D eigenvalue weighted by molar-refractivity contribution is 6.13. The smallest absolute Gasteiger partial charge is 0.164 e. The van der Waals surface area contributed by atoms with Gasteiger partial charge in [-0.05, 0) is 78.4 Å². The fourth-order valence-electron chi connectivity index (χ4n) is 8.08. The van der Waals surface area contributed by atoms with Crippen molar-refractivity contribution in [3.8, 4) is 34.2 Å². The minimum atomic E-state index is -0.268. The van der Waals surface area contributed by atoms with Gasteiger partial charge in [-0.15, -0.1) is 0 Å². The zero-order valence-corrected chi connectivity index (χ0v) is 33.5. The van der Waals surface area contributed by atoms with Crippen LogP contribution in [0.5, 0.6) is 0 Å². The molecule has 1 unspecified atom stereocenters. The van der Waals surface area contributed by atoms with Gasteiger partial charge in [0.25, 0.3) is 0 Å². The third kappa shape index (κ3) is 6.95. The Hall–Kier alpha value is -8.49. The molecule has 0 spiro atoms. The molecule has 3 heterocycles. The van der Waals surface area contributed by atoms with E-state index in [1.54, 1.807) is 0 Å². The highest BCUT2D eigenvalue weighted by atomic mass is 15.3. The summed E-state index contributed by atoms with van der Waals surface area (Å²) in [6.45, 7) is 0. The number of aromatic nitrogens is 3. The van der Waals surface area contributed by atoms with E-state index in [9.17, 15) is 0 Å². The first-order chi connectivity index (χ1) is 30.7. The van der Waals surface area contributed by atoms with Gasteiger partial charge < -0.3 is 15.1 Å². The molecule has 8 heteroatoms. The Morgan fingerprint density at radius 3 is 1.13 bits per heavy atom. The van der Waals surface area contributed by atoms with Crippen molar-refractivity contribution in [3.63, 3.8) is 0 Å². The molecular weight excluding hydrogens is 761 g/mol. The van der Waals surface area contributed by atoms with Crippen LogP contribution in [-0.4, -0.2) is 26.6 Å². The third-order valence-electron chi connectivity index (χ3n) is 11.1. The second-order valence-corrected chi connectivity index (χ2v) is 15.0. The lowest BCUT2D eigenvalue weighted by atomic mass is 10.0. The number of rotatable bonds is 8. The molecule has 0 fully saturated rings. The van der Waals surface area contributed by atoms with E-state index in [1.807, 2.05) is 97.1 Å². The van der Waals surface area contributed by atoms with Crippen molar-refractivity contribution >= 4 is 45.8 Å². The third-order valence-corrected chi connectivity index (χ3v) is 11.1. The zero-order chi connectivity index (χ0) is 41.2. The van der Waals surface area contributed by atoms with Gasteiger partial charge in [0.15, 0.2) is 23.3 Å². The Kier molecular flexibility index (Phi) is 9.40. The van der Waals surface area contributed by atoms with Crippen LogP contribution in [0.25, 0.3) is 34.2 Å². The quantitative estimate of drug-likeness (QED) is 0.165. The number of hydrogen-bond acceptors (Lipinski definition) is 8. The van der Waals surface area contributed by atoms with E-state index in [0.717, 1.165) is 73.3 Å². The van der Waals surface area contributed by atoms with E-state index in [0.29, 0.717) is 23.3 Å². The van der Waals surface area contributed by atoms with Gasteiger partial charge in [-0.3, -0.25) is 0 Å². The van der Waals surface area contributed by atoms with Crippen molar-refractivity contribution in [2.45, 2.75) is 6.17 Å². The van der Waals surface area contributed by atoms with E-state index in [1.165, 1.54) is 0 Å². The molecule has 0 saturated heterocycles. The number of nitrogens with zero attached hydrogens (tertiary/aromatic N) is 7. The lowest BCUT2D eigenvalue weighted by Gasteiger charge is -2.40. The van der Waals surface area contributed by atoms with E-state index in [-0.39, 0.29) is 6.17 Å². The topological polar surface area (TPSA) is 81.9 Å². The number of benzene rings is 8. The molecule has 62 heavy (non-hydrogen) atoms. The molecule has 0 bridgehead atoms. The van der Waals surface area contributed by atoms with Gasteiger partial charge in [-0.2, -0.15) is 0 Å². The van der Waals surface area contributed by atoms with Crippen LogP contribution in [0.1, 0.15) is 22.9 Å². The minimum absolute atomic E-state index is 0.268. The molecule has 2 aliphatic heterocycles. The van der Waals surface area contributed by atoms with E-state index >= 15 is 0 Å². The summed E-state index contributed by atoms with van der Waals surface area (Å²) in [5.41, 5.74) is 12.1. The van der Waals surface area contributed by atoms with Crippen LogP contribution < -0.4 is 15.1 Å². The predicted molar refractivity (Wildman–Crippen MR) is 251 cm³/mol. The SMILES string of the molecule is c1ccc(C2=NC(c3ccccc3)NC(c3ccc(N4c5ccccc5N(c5ccc(-c6nc(-c7ccccc7)nc(-c7ccccc7)n6)cc5)c5ccccc54)cc3)=N2)cc1. The van der Waals surface area contributed by atoms with Crippen molar-refractivity contribution in [1.29, 1.82) is 0 Å². The lowest BCUT2D eigenvalue weighted by molar-refractivity contribution is 0.674. The van der Waals surface area contributed by atoms with Crippen molar-refractivity contribution in [2.24, 2.45) is 9.98 Å². The Morgan fingerprint density at radius 2 is 0.694 bits per heavy atom. The molecule has 1 N–H and O–H groups in total. The van der Waals surface area contributed by atoms with Crippen LogP contribution in [0.2, 0.25) is 0 Å². The monoisotopic (exact) mass is 798 g/mol. The predicted octanol–water partition coefficient (Wildman–Crippen LogP) is 12.6. The second-order valence-electron chi connectivity index (χ2n) is 15.0. The molecular formula is C54H38N8. The Balaban J connectivity index is 0.934. The number of aliphatic imine (C=N–C) groups is 2. The average molecular weight is 799 g/mol. The van der Waals surface area contributed by atoms with Gasteiger partial charge in [0.1, 0.15) is 12.0 Å². The van der Waals surface area contributed by atoms with Crippen LogP contribution in [0.3, 0.4) is 0 Å². The maximum Gasteiger partial charge on any atom is 0.164 e. The molecule has 294 valence electrons. The normalized spacial score (nSPS) is 14.2. The van der Waals surface area contributed by atoms with Gasteiger partial charge in [-0.25, -0.2) is 24.9 Å². The van der Waals surface area contributed by atoms with Gasteiger partial charge in [0, 0.05) is 39.2 Å². The molecule has 0 aliphatic carbocycles. The average Bonchev–Trinajstić information content (AvgIpc) is 3.36. The summed E-state index contributed by atoms with van der Waals surface area (Å²) in [5, 5.41) is 3.61. The molecule has 11 rings (SSSR count). The zero-order valence-electron chi connectivity index (χ0n) is 33.5. The van der Waals surface area contributed by atoms with Crippen molar-refractivity contribution in [3.05, 3.63) is 235 Å². The molecule has 1 aromatic heterocycles. The van der Waals surface area contributed by atoms with Gasteiger partial charge in [0.05, 0.1) is 22.7 Å². The molecule has 0 saturated carbocycles. The maximum atomic E-state index is 5.04. The summed E-state index contributed by atoms with van der Waals surface area (Å²) in [6, 6.07) is 74.8. The summed E-state index contributed by atoms with van der Waals surface area (Å²) in [6.07, 6.45) is -0.268. The van der Waals surface area contributed by atoms with Crippen LogP contribution >= 0.6 is 0 Å². The Bertz CT molecular complexity index is 2980. The molecule has 8 nitrogen and oxygen atoms in total. The largest absolute Gasteiger partial charge is 0.344 e. The van der Waals surface area contributed by atoms with Crippen molar-refractivity contribution < 1.29 is 0 Å². The number of anilines is 6. The Labute approximate surface area is 359 Å². The van der Waals surface area contributed by atoms with Crippen LogP contribution in [-0.2, 0) is 0 Å². The molecule has 2 aliphatic rings. The van der Waals surface area contributed by atoms with Crippen LogP contribution in [0.15, 0.2) is 228 Å². The fraction of sp³-hybridized carbons (Fsp3) is 0.0185. The number of fused-ring (bicyclic) bond motifs is 2. The highest BCUT2D eigenvalue weighted by Gasteiger charge is 2.30. The molecule has 9 aromatic rings. The van der Waals surface area contributed by atoms with Crippen molar-refractivity contribution in [1.82, 2.24) is 20.3 Å². The summed E-state index contributed by atoms with van der Waals surface area (Å²) >= 11 is 0. The van der Waals surface area contributed by atoms with Crippen LogP contribution in [0.4, 0.5) is 34.1 Å². The number of nitrogens with one attached hydrogen (secondary N) is 1. The number of hydrogen-bond donors (Lipinski definition) is 1. The molecule has 8 aromatic carbocycles. The van der Waals surface area contributed by atoms with E-state index in [2.05, 4.69) is 136 Å². The molecule has 1 atom stereocenters. The van der Waals surface area contributed by atoms with Gasteiger partial charge in [0.2, 0.25) is 0 Å². The first kappa shape index (κ1) is 36.6. The van der Waals surface area contributed by atoms with Gasteiger partial charge in [-0.1, -0.05) is 146 Å². The lowest BCUT2D eigenvalue weighted by Crippen LogP contribution is -2.33. The number of amidine groups is 2. The minimum Gasteiger partial charge on any atom is -0.344 e. The van der Waals surface area contributed by atoms with E-state index in [4.69, 9.17) is 24.9 Å². The van der Waals surface area contributed by atoms with Crippen LogP contribution in [0, 0.1) is 0 Å². The first-order valence-corrected chi connectivity index (χ1v) is 20.6. The summed E-state index contributed by atoms with van der Waals surface area (Å²) in [7, 11) is 0.